The Hall–Kier alpha value is -2.78. The molecule has 35 heavy (non-hydrogen) atoms. The molecule has 3 N–H and O–H groups in total. The number of carbonyl (C=O) groups is 1. The molecule has 0 saturated heterocycles. The summed E-state index contributed by atoms with van der Waals surface area (Å²) in [5.74, 6) is 6.19. The number of rotatable bonds is 11. The predicted molar refractivity (Wildman–Crippen MR) is 149 cm³/mol. The van der Waals surface area contributed by atoms with Crippen molar-refractivity contribution in [3.63, 3.8) is 0 Å². The van der Waals surface area contributed by atoms with Gasteiger partial charge in [-0.2, -0.15) is 0 Å². The molecule has 3 aliphatic heterocycles. The SMILES string of the molecule is C=C1N(CCCC2=NC(Cc3cccc(NS(=C)C)c3)=NC2)C(=O)C2=C(NC(Cl)N2)N1CCCC. The summed E-state index contributed by atoms with van der Waals surface area (Å²) in [5, 5.41) is 6.19. The summed E-state index contributed by atoms with van der Waals surface area (Å²) in [6.07, 6.45) is 6.38. The van der Waals surface area contributed by atoms with Crippen LogP contribution in [0.25, 0.3) is 0 Å². The van der Waals surface area contributed by atoms with Crippen LogP contribution in [-0.2, 0) is 11.2 Å². The highest BCUT2D eigenvalue weighted by Gasteiger charge is 2.39. The third kappa shape index (κ3) is 6.08. The van der Waals surface area contributed by atoms with E-state index < -0.39 is 5.62 Å². The molecule has 0 spiro atoms. The molecule has 2 unspecified atom stereocenters. The lowest BCUT2D eigenvalue weighted by Gasteiger charge is -2.38. The number of carbonyl (C=O) groups excluding carboxylic acids is 1. The number of alkyl halides is 1. The van der Waals surface area contributed by atoms with Gasteiger partial charge in [0.2, 0.25) is 0 Å². The van der Waals surface area contributed by atoms with Gasteiger partial charge >= 0.3 is 0 Å². The van der Waals surface area contributed by atoms with Crippen molar-refractivity contribution in [3.8, 4) is 0 Å². The average Bonchev–Trinajstić information content (AvgIpc) is 3.42. The topological polar surface area (TPSA) is 84.4 Å². The molecule has 1 aromatic carbocycles. The quantitative estimate of drug-likeness (QED) is 0.237. The van der Waals surface area contributed by atoms with Crippen LogP contribution < -0.4 is 15.4 Å². The summed E-state index contributed by atoms with van der Waals surface area (Å²) in [6.45, 7) is 8.34. The third-order valence-corrected chi connectivity index (χ3v) is 6.82. The van der Waals surface area contributed by atoms with E-state index >= 15 is 0 Å². The number of nitrogens with one attached hydrogen (secondary N) is 3. The van der Waals surface area contributed by atoms with E-state index in [1.54, 1.807) is 4.90 Å². The number of aliphatic imine (C=N–C) groups is 2. The van der Waals surface area contributed by atoms with E-state index in [1.807, 2.05) is 18.4 Å². The maximum Gasteiger partial charge on any atom is 0.279 e. The first-order chi connectivity index (χ1) is 16.9. The molecule has 188 valence electrons. The number of nitrogens with zero attached hydrogens (tertiary/aromatic N) is 4. The van der Waals surface area contributed by atoms with E-state index in [0.29, 0.717) is 31.0 Å². The van der Waals surface area contributed by atoms with Gasteiger partial charge in [0.1, 0.15) is 23.2 Å². The molecule has 1 amide bonds. The predicted octanol–water partition coefficient (Wildman–Crippen LogP) is 3.82. The third-order valence-electron chi connectivity index (χ3n) is 6.02. The summed E-state index contributed by atoms with van der Waals surface area (Å²) < 4.78 is 3.35. The Morgan fingerprint density at radius 2 is 2.06 bits per heavy atom. The number of amidine groups is 1. The van der Waals surface area contributed by atoms with Gasteiger partial charge in [0.25, 0.3) is 5.91 Å². The maximum absolute atomic E-state index is 13.1. The maximum atomic E-state index is 13.1. The fraction of sp³-hybridized carbons (Fsp3) is 0.440. The zero-order valence-corrected chi connectivity index (χ0v) is 22.0. The highest BCUT2D eigenvalue weighted by Crippen LogP contribution is 2.29. The largest absolute Gasteiger partial charge is 0.345 e. The van der Waals surface area contributed by atoms with Crippen LogP contribution in [0.2, 0.25) is 0 Å². The molecule has 0 radical (unpaired) electrons. The summed E-state index contributed by atoms with van der Waals surface area (Å²) in [5.41, 5.74) is 3.31. The average molecular weight is 516 g/mol. The zero-order valence-electron chi connectivity index (χ0n) is 20.4. The molecule has 8 nitrogen and oxygen atoms in total. The van der Waals surface area contributed by atoms with E-state index in [-0.39, 0.29) is 16.6 Å². The minimum atomic E-state index is -0.497. The van der Waals surface area contributed by atoms with Crippen LogP contribution in [0.1, 0.15) is 38.2 Å². The Morgan fingerprint density at radius 1 is 1.26 bits per heavy atom. The van der Waals surface area contributed by atoms with Crippen LogP contribution in [-0.4, -0.2) is 64.6 Å². The van der Waals surface area contributed by atoms with Gasteiger partial charge in [0.05, 0.1) is 6.54 Å². The van der Waals surface area contributed by atoms with Gasteiger partial charge in [0.15, 0.2) is 5.62 Å². The van der Waals surface area contributed by atoms with E-state index in [1.165, 1.54) is 5.56 Å². The molecule has 10 heteroatoms. The van der Waals surface area contributed by atoms with Gasteiger partial charge in [-0.25, -0.2) is 4.99 Å². The van der Waals surface area contributed by atoms with Crippen molar-refractivity contribution < 1.29 is 4.79 Å². The molecule has 3 heterocycles. The highest BCUT2D eigenvalue weighted by molar-refractivity contribution is 8.14. The molecule has 1 aromatic rings. The molecule has 3 aliphatic rings. The van der Waals surface area contributed by atoms with E-state index in [2.05, 4.69) is 56.8 Å². The van der Waals surface area contributed by atoms with Crippen LogP contribution in [0.3, 0.4) is 0 Å². The molecule has 4 rings (SSSR count). The van der Waals surface area contributed by atoms with Crippen LogP contribution in [0.15, 0.2) is 58.2 Å². The summed E-state index contributed by atoms with van der Waals surface area (Å²) in [4.78, 5) is 26.3. The Kier molecular flexibility index (Phi) is 8.18. The Labute approximate surface area is 215 Å². The van der Waals surface area contributed by atoms with Crippen molar-refractivity contribution >= 4 is 51.3 Å². The number of unbranched alkanes of at least 4 members (excludes halogenated alkanes) is 1. The smallest absolute Gasteiger partial charge is 0.279 e. The van der Waals surface area contributed by atoms with Crippen molar-refractivity contribution in [3.05, 3.63) is 53.7 Å². The Balaban J connectivity index is 1.33. The number of hydrogen-bond donors (Lipinski definition) is 3. The second-order valence-electron chi connectivity index (χ2n) is 8.88. The summed E-state index contributed by atoms with van der Waals surface area (Å²) in [7, 11) is -0.115. The van der Waals surface area contributed by atoms with Crippen molar-refractivity contribution in [2.24, 2.45) is 9.98 Å². The van der Waals surface area contributed by atoms with Gasteiger partial charge in [-0.1, -0.05) is 49.5 Å². The van der Waals surface area contributed by atoms with Gasteiger partial charge in [-0.15, -0.1) is 10.7 Å². The Morgan fingerprint density at radius 3 is 2.83 bits per heavy atom. The second kappa shape index (κ2) is 11.3. The minimum absolute atomic E-state index is 0.0931. The molecule has 0 aromatic heterocycles. The van der Waals surface area contributed by atoms with Crippen molar-refractivity contribution in [2.75, 3.05) is 30.6 Å². The normalized spacial score (nSPS) is 20.4. The first-order valence-corrected chi connectivity index (χ1v) is 14.2. The van der Waals surface area contributed by atoms with Crippen LogP contribution >= 0.6 is 22.3 Å². The van der Waals surface area contributed by atoms with Gasteiger partial charge in [0, 0.05) is 30.9 Å². The van der Waals surface area contributed by atoms with Gasteiger partial charge < -0.3 is 20.3 Å². The van der Waals surface area contributed by atoms with Crippen molar-refractivity contribution in [1.29, 1.82) is 0 Å². The number of amides is 1. The van der Waals surface area contributed by atoms with E-state index in [4.69, 9.17) is 16.6 Å². The summed E-state index contributed by atoms with van der Waals surface area (Å²) in [6, 6.07) is 8.31. The Bertz CT molecular complexity index is 1110. The molecule has 0 saturated carbocycles. The van der Waals surface area contributed by atoms with Crippen molar-refractivity contribution in [2.45, 2.75) is 44.7 Å². The molecular formula is C25H34ClN7OS. The molecule has 0 fully saturated rings. The number of halogens is 1. The first kappa shape index (κ1) is 25.3. The van der Waals surface area contributed by atoms with Crippen molar-refractivity contribution in [1.82, 2.24) is 20.4 Å². The standard InChI is InChI=1S/C25H34ClN7OS/c1-5-6-12-32-17(2)33(24(34)22-23(32)30-25(26)29-22)13-8-11-20-16-27-21(28-20)15-18-9-7-10-19(14-18)31-35(3)4/h7,9-10,14,25,29-31H,2-3,5-6,8,11-13,15-16H2,1,4H3. The fourth-order valence-corrected chi connectivity index (χ4v) is 5.09. The van der Waals surface area contributed by atoms with Crippen LogP contribution in [0.4, 0.5) is 5.69 Å². The first-order valence-electron chi connectivity index (χ1n) is 12.0. The number of anilines is 1. The van der Waals surface area contributed by atoms with E-state index in [9.17, 15) is 4.79 Å². The zero-order chi connectivity index (χ0) is 24.9. The lowest BCUT2D eigenvalue weighted by atomic mass is 10.1. The second-order valence-corrected chi connectivity index (χ2v) is 10.8. The number of hydrogen-bond acceptors (Lipinski definition) is 7. The molecular weight excluding hydrogens is 482 g/mol. The van der Waals surface area contributed by atoms with Crippen LogP contribution in [0.5, 0.6) is 0 Å². The minimum Gasteiger partial charge on any atom is -0.345 e. The van der Waals surface area contributed by atoms with Gasteiger partial charge in [-0.3, -0.25) is 14.7 Å². The molecule has 2 atom stereocenters. The summed E-state index contributed by atoms with van der Waals surface area (Å²) >= 11 is 6.21. The monoisotopic (exact) mass is 515 g/mol. The lowest BCUT2D eigenvalue weighted by molar-refractivity contribution is -0.127. The number of benzene rings is 1. The molecule has 0 bridgehead atoms. The lowest BCUT2D eigenvalue weighted by Crippen LogP contribution is -2.47. The molecule has 0 aliphatic carbocycles. The van der Waals surface area contributed by atoms with E-state index in [0.717, 1.165) is 55.3 Å². The van der Waals surface area contributed by atoms with Gasteiger partial charge in [-0.05, 0) is 43.2 Å². The fourth-order valence-electron chi connectivity index (χ4n) is 4.35. The highest BCUT2D eigenvalue weighted by atomic mass is 35.5. The van der Waals surface area contributed by atoms with Crippen LogP contribution in [0, 0.1) is 0 Å².